The van der Waals surface area contributed by atoms with Crippen LogP contribution in [-0.2, 0) is 9.59 Å². The second-order valence-electron chi connectivity index (χ2n) is 6.16. The summed E-state index contributed by atoms with van der Waals surface area (Å²) in [5.41, 5.74) is 7.23. The molecule has 142 valence electrons. The first kappa shape index (κ1) is 19.9. The molecule has 6 nitrogen and oxygen atoms in total. The van der Waals surface area contributed by atoms with Crippen LogP contribution >= 0.6 is 23.1 Å². The number of allylic oxidation sites excluding steroid dienone is 1. The number of nitrogens with one attached hydrogen (secondary N) is 1. The molecule has 2 atom stereocenters. The minimum Gasteiger partial charge on any atom is -0.369 e. The van der Waals surface area contributed by atoms with E-state index in [4.69, 9.17) is 5.73 Å². The highest BCUT2D eigenvalue weighted by atomic mass is 32.2. The molecule has 1 unspecified atom stereocenters. The van der Waals surface area contributed by atoms with E-state index in [9.17, 15) is 14.9 Å². The summed E-state index contributed by atoms with van der Waals surface area (Å²) >= 11 is 2.65. The molecule has 1 aliphatic rings. The average Bonchev–Trinajstić information content (AvgIpc) is 3.20. The van der Waals surface area contributed by atoms with Crippen molar-refractivity contribution in [2.45, 2.75) is 12.8 Å². The molecule has 8 heteroatoms. The van der Waals surface area contributed by atoms with E-state index >= 15 is 0 Å². The van der Waals surface area contributed by atoms with Gasteiger partial charge in [0.25, 0.3) is 0 Å². The number of anilines is 1. The summed E-state index contributed by atoms with van der Waals surface area (Å²) in [6.07, 6.45) is 0. The standard InChI is InChI=1S/C20H18N4O2S2/c1-12-17(19(22)26)18(15-8-5-9-27-15)14(10-21)20(23-12)28-11-16(25)24-13-6-3-2-4-7-13/h2-9,17-18H,11H2,1H3,(H2,22,26)(H,24,25)/t17?,18-/m1/s1. The lowest BCUT2D eigenvalue weighted by Crippen LogP contribution is -2.36. The van der Waals surface area contributed by atoms with Gasteiger partial charge in [0.1, 0.15) is 5.03 Å². The first-order valence-electron chi connectivity index (χ1n) is 8.51. The molecule has 2 heterocycles. The van der Waals surface area contributed by atoms with E-state index in [2.05, 4.69) is 16.4 Å². The molecule has 2 aromatic rings. The van der Waals surface area contributed by atoms with Gasteiger partial charge in [-0.3, -0.25) is 9.59 Å². The number of rotatable bonds is 6. The SMILES string of the molecule is CC1=NC(SCC(=O)Nc2ccccc2)=C(C#N)[C@H](c2cccs2)C1C(N)=O. The maximum Gasteiger partial charge on any atom is 0.234 e. The molecule has 3 rings (SSSR count). The number of hydrogen-bond donors (Lipinski definition) is 2. The maximum atomic E-state index is 12.3. The van der Waals surface area contributed by atoms with Gasteiger partial charge in [-0.1, -0.05) is 36.0 Å². The molecule has 1 aromatic carbocycles. The highest BCUT2D eigenvalue weighted by molar-refractivity contribution is 8.03. The molecule has 0 aliphatic carbocycles. The predicted octanol–water partition coefficient (Wildman–Crippen LogP) is 3.51. The Morgan fingerprint density at radius 3 is 2.64 bits per heavy atom. The van der Waals surface area contributed by atoms with Gasteiger partial charge in [0, 0.05) is 22.2 Å². The molecule has 1 aromatic heterocycles. The van der Waals surface area contributed by atoms with Crippen LogP contribution in [0.5, 0.6) is 0 Å². The van der Waals surface area contributed by atoms with Gasteiger partial charge >= 0.3 is 0 Å². The molecule has 0 fully saturated rings. The molecule has 1 aliphatic heterocycles. The van der Waals surface area contributed by atoms with Crippen LogP contribution in [-0.4, -0.2) is 23.3 Å². The monoisotopic (exact) mass is 410 g/mol. The van der Waals surface area contributed by atoms with E-state index in [1.54, 1.807) is 19.1 Å². The molecule has 0 saturated heterocycles. The third-order valence-corrected chi connectivity index (χ3v) is 6.22. The summed E-state index contributed by atoms with van der Waals surface area (Å²) in [6, 6.07) is 15.1. The van der Waals surface area contributed by atoms with Gasteiger partial charge in [0.05, 0.1) is 23.3 Å². The summed E-state index contributed by atoms with van der Waals surface area (Å²) in [5, 5.41) is 14.9. The Morgan fingerprint density at radius 1 is 1.29 bits per heavy atom. The number of thioether (sulfide) groups is 1. The van der Waals surface area contributed by atoms with Crippen LogP contribution < -0.4 is 11.1 Å². The van der Waals surface area contributed by atoms with E-state index in [-0.39, 0.29) is 11.7 Å². The summed E-state index contributed by atoms with van der Waals surface area (Å²) in [7, 11) is 0. The van der Waals surface area contributed by atoms with E-state index in [0.717, 1.165) is 4.88 Å². The quantitative estimate of drug-likeness (QED) is 0.759. The number of carbonyl (C=O) groups excluding carboxylic acids is 2. The molecule has 2 amide bonds. The molecular weight excluding hydrogens is 392 g/mol. The largest absolute Gasteiger partial charge is 0.369 e. The zero-order valence-electron chi connectivity index (χ0n) is 15.1. The van der Waals surface area contributed by atoms with Gasteiger partial charge in [-0.25, -0.2) is 4.99 Å². The molecule has 28 heavy (non-hydrogen) atoms. The van der Waals surface area contributed by atoms with Crippen LogP contribution in [0.4, 0.5) is 5.69 Å². The van der Waals surface area contributed by atoms with E-state index in [0.29, 0.717) is 22.0 Å². The second-order valence-corrected chi connectivity index (χ2v) is 8.10. The van der Waals surface area contributed by atoms with Crippen molar-refractivity contribution in [1.29, 1.82) is 5.26 Å². The number of thiophene rings is 1. The fourth-order valence-corrected chi connectivity index (χ4v) is 4.80. The lowest BCUT2D eigenvalue weighted by atomic mass is 9.80. The molecule has 0 radical (unpaired) electrons. The third kappa shape index (κ3) is 4.32. The lowest BCUT2D eigenvalue weighted by Gasteiger charge is -2.28. The number of nitrogens with zero attached hydrogens (tertiary/aromatic N) is 2. The average molecular weight is 411 g/mol. The number of primary amides is 1. The topological polar surface area (TPSA) is 108 Å². The molecule has 3 N–H and O–H groups in total. The zero-order chi connectivity index (χ0) is 20.1. The van der Waals surface area contributed by atoms with Gasteiger partial charge in [-0.15, -0.1) is 11.3 Å². The fourth-order valence-electron chi connectivity index (χ4n) is 3.06. The van der Waals surface area contributed by atoms with Crippen molar-refractivity contribution in [1.82, 2.24) is 0 Å². The Balaban J connectivity index is 1.84. The smallest absolute Gasteiger partial charge is 0.234 e. The van der Waals surface area contributed by atoms with Crippen LogP contribution in [0.2, 0.25) is 0 Å². The second kappa shape index (κ2) is 8.87. The van der Waals surface area contributed by atoms with Crippen molar-refractivity contribution >= 4 is 46.3 Å². The van der Waals surface area contributed by atoms with Crippen LogP contribution in [0.3, 0.4) is 0 Å². The van der Waals surface area contributed by atoms with E-state index < -0.39 is 17.7 Å². The fraction of sp³-hybridized carbons (Fsp3) is 0.200. The van der Waals surface area contributed by atoms with Crippen molar-refractivity contribution < 1.29 is 9.59 Å². The van der Waals surface area contributed by atoms with E-state index in [1.807, 2.05) is 35.7 Å². The molecule has 0 bridgehead atoms. The first-order valence-corrected chi connectivity index (χ1v) is 10.4. The Bertz CT molecular complexity index is 975. The number of benzene rings is 1. The minimum absolute atomic E-state index is 0.102. The highest BCUT2D eigenvalue weighted by Gasteiger charge is 2.39. The lowest BCUT2D eigenvalue weighted by molar-refractivity contribution is -0.120. The van der Waals surface area contributed by atoms with Crippen LogP contribution in [0.15, 0.2) is 63.4 Å². The first-order chi connectivity index (χ1) is 13.5. The van der Waals surface area contributed by atoms with Crippen molar-refractivity contribution in [3.63, 3.8) is 0 Å². The van der Waals surface area contributed by atoms with Gasteiger partial charge < -0.3 is 11.1 Å². The summed E-state index contributed by atoms with van der Waals surface area (Å²) < 4.78 is 0. The third-order valence-electron chi connectivity index (χ3n) is 4.28. The van der Waals surface area contributed by atoms with Crippen molar-refractivity contribution in [3.05, 3.63) is 63.3 Å². The predicted molar refractivity (Wildman–Crippen MR) is 113 cm³/mol. The van der Waals surface area contributed by atoms with Crippen molar-refractivity contribution in [2.75, 3.05) is 11.1 Å². The van der Waals surface area contributed by atoms with Crippen molar-refractivity contribution in [2.24, 2.45) is 16.6 Å². The number of hydrogen-bond acceptors (Lipinski definition) is 6. The summed E-state index contributed by atoms with van der Waals surface area (Å²) in [5.74, 6) is -1.75. The van der Waals surface area contributed by atoms with Gasteiger partial charge in [0.2, 0.25) is 11.8 Å². The van der Waals surface area contributed by atoms with Gasteiger partial charge in [-0.2, -0.15) is 5.26 Å². The molecule has 0 saturated carbocycles. The normalized spacial score (nSPS) is 18.9. The number of para-hydroxylation sites is 1. The maximum absolute atomic E-state index is 12.3. The Labute approximate surface area is 171 Å². The number of nitrogens with two attached hydrogens (primary N) is 1. The summed E-state index contributed by atoms with van der Waals surface area (Å²) in [4.78, 5) is 29.6. The number of aliphatic imine (C=N–C) groups is 1. The highest BCUT2D eigenvalue weighted by Crippen LogP contribution is 2.43. The minimum atomic E-state index is -0.671. The Kier molecular flexibility index (Phi) is 6.29. The van der Waals surface area contributed by atoms with Gasteiger partial charge in [0.15, 0.2) is 0 Å². The number of amides is 2. The number of nitriles is 1. The zero-order valence-corrected chi connectivity index (χ0v) is 16.7. The molecular formula is C20H18N4O2S2. The summed E-state index contributed by atoms with van der Waals surface area (Å²) in [6.45, 7) is 1.73. The number of carbonyl (C=O) groups is 2. The Hall–Kier alpha value is -2.89. The van der Waals surface area contributed by atoms with Crippen LogP contribution in [0.25, 0.3) is 0 Å². The van der Waals surface area contributed by atoms with Gasteiger partial charge in [-0.05, 0) is 30.5 Å². The van der Waals surface area contributed by atoms with Crippen molar-refractivity contribution in [3.8, 4) is 6.07 Å². The van der Waals surface area contributed by atoms with E-state index in [1.165, 1.54) is 23.1 Å². The van der Waals surface area contributed by atoms with Crippen LogP contribution in [0, 0.1) is 17.2 Å². The molecule has 0 spiro atoms. The Morgan fingerprint density at radius 2 is 2.04 bits per heavy atom. The van der Waals surface area contributed by atoms with Crippen LogP contribution in [0.1, 0.15) is 17.7 Å².